The predicted molar refractivity (Wildman–Crippen MR) is 88.4 cm³/mol. The highest BCUT2D eigenvalue weighted by molar-refractivity contribution is 5.95. The first-order chi connectivity index (χ1) is 10.6. The van der Waals surface area contributed by atoms with Crippen LogP contribution in [0.25, 0.3) is 0 Å². The van der Waals surface area contributed by atoms with Crippen molar-refractivity contribution in [3.63, 3.8) is 0 Å². The fourth-order valence-corrected chi connectivity index (χ4v) is 2.62. The molecule has 1 amide bonds. The van der Waals surface area contributed by atoms with Crippen LogP contribution in [-0.2, 0) is 17.6 Å². The van der Waals surface area contributed by atoms with Gasteiger partial charge in [0.15, 0.2) is 6.29 Å². The highest BCUT2D eigenvalue weighted by atomic mass is 16.2. The van der Waals surface area contributed by atoms with Gasteiger partial charge in [0.05, 0.1) is 5.69 Å². The van der Waals surface area contributed by atoms with E-state index in [1.165, 1.54) is 0 Å². The summed E-state index contributed by atoms with van der Waals surface area (Å²) in [7, 11) is 0. The van der Waals surface area contributed by atoms with Gasteiger partial charge in [0, 0.05) is 11.9 Å². The van der Waals surface area contributed by atoms with E-state index in [-0.39, 0.29) is 5.91 Å². The van der Waals surface area contributed by atoms with Gasteiger partial charge >= 0.3 is 0 Å². The minimum Gasteiger partial charge on any atom is -0.333 e. The number of anilines is 1. The molecule has 1 atom stereocenters. The summed E-state index contributed by atoms with van der Waals surface area (Å²) in [6, 6.07) is 9.12. The van der Waals surface area contributed by atoms with Crippen molar-refractivity contribution in [2.75, 3.05) is 5.32 Å². The number of hydrogen-bond acceptors (Lipinski definition) is 2. The molecule has 0 bridgehead atoms. The van der Waals surface area contributed by atoms with Crippen molar-refractivity contribution in [2.24, 2.45) is 0 Å². The molecule has 0 spiro atoms. The highest BCUT2D eigenvalue weighted by Crippen LogP contribution is 2.24. The molecule has 2 aromatic rings. The molecular formula is C18H22N2O2. The smallest absolute Gasteiger partial charge is 0.247 e. The van der Waals surface area contributed by atoms with E-state index < -0.39 is 6.04 Å². The number of benzene rings is 1. The summed E-state index contributed by atoms with van der Waals surface area (Å²) >= 11 is 0. The molecule has 1 N–H and O–H groups in total. The SMILES string of the molecule is CCc1cccc(CC)c1NC(=O)C(C)n1cccc1C=O. The monoisotopic (exact) mass is 298 g/mol. The predicted octanol–water partition coefficient (Wildman–Crippen LogP) is 3.63. The molecule has 0 radical (unpaired) electrons. The zero-order chi connectivity index (χ0) is 16.1. The number of hydrogen-bond donors (Lipinski definition) is 1. The molecule has 1 heterocycles. The summed E-state index contributed by atoms with van der Waals surface area (Å²) in [6.45, 7) is 5.94. The van der Waals surface area contributed by atoms with Gasteiger partial charge in [0.25, 0.3) is 0 Å². The fourth-order valence-electron chi connectivity index (χ4n) is 2.62. The molecule has 116 valence electrons. The molecule has 1 unspecified atom stereocenters. The van der Waals surface area contributed by atoms with E-state index in [2.05, 4.69) is 19.2 Å². The first kappa shape index (κ1) is 16.0. The second-order valence-electron chi connectivity index (χ2n) is 5.28. The summed E-state index contributed by atoms with van der Waals surface area (Å²) in [6.07, 6.45) is 4.24. The Kier molecular flexibility index (Phi) is 5.15. The average molecular weight is 298 g/mol. The van der Waals surface area contributed by atoms with Crippen LogP contribution in [0.2, 0.25) is 0 Å². The number of amides is 1. The number of aromatic nitrogens is 1. The van der Waals surface area contributed by atoms with Crippen molar-refractivity contribution in [1.82, 2.24) is 4.57 Å². The first-order valence-corrected chi connectivity index (χ1v) is 7.66. The maximum Gasteiger partial charge on any atom is 0.247 e. The first-order valence-electron chi connectivity index (χ1n) is 7.66. The topological polar surface area (TPSA) is 51.1 Å². The minimum absolute atomic E-state index is 0.116. The number of rotatable bonds is 6. The number of para-hydroxylation sites is 1. The van der Waals surface area contributed by atoms with Crippen molar-refractivity contribution >= 4 is 17.9 Å². The number of carbonyl (C=O) groups is 2. The lowest BCUT2D eigenvalue weighted by Gasteiger charge is -2.19. The Labute approximate surface area is 131 Å². The van der Waals surface area contributed by atoms with Crippen LogP contribution in [-0.4, -0.2) is 16.8 Å². The zero-order valence-electron chi connectivity index (χ0n) is 13.3. The second-order valence-corrected chi connectivity index (χ2v) is 5.28. The zero-order valence-corrected chi connectivity index (χ0v) is 13.3. The van der Waals surface area contributed by atoms with Crippen molar-refractivity contribution in [3.8, 4) is 0 Å². The molecule has 2 rings (SSSR count). The molecule has 22 heavy (non-hydrogen) atoms. The van der Waals surface area contributed by atoms with Crippen LogP contribution < -0.4 is 5.32 Å². The third-order valence-corrected chi connectivity index (χ3v) is 3.98. The van der Waals surface area contributed by atoms with E-state index >= 15 is 0 Å². The van der Waals surface area contributed by atoms with Crippen LogP contribution in [0.5, 0.6) is 0 Å². The lowest BCUT2D eigenvalue weighted by Crippen LogP contribution is -2.25. The molecule has 0 aliphatic carbocycles. The van der Waals surface area contributed by atoms with Crippen molar-refractivity contribution in [2.45, 2.75) is 39.7 Å². The van der Waals surface area contributed by atoms with Crippen LogP contribution >= 0.6 is 0 Å². The van der Waals surface area contributed by atoms with Crippen LogP contribution in [0.3, 0.4) is 0 Å². The van der Waals surface area contributed by atoms with Gasteiger partial charge in [0.1, 0.15) is 6.04 Å². The van der Waals surface area contributed by atoms with Gasteiger partial charge in [0.2, 0.25) is 5.91 Å². The number of aldehydes is 1. The molecule has 0 saturated heterocycles. The number of nitrogens with zero attached hydrogens (tertiary/aromatic N) is 1. The Morgan fingerprint density at radius 1 is 1.18 bits per heavy atom. The molecule has 0 saturated carbocycles. The quantitative estimate of drug-likeness (QED) is 0.828. The van der Waals surface area contributed by atoms with E-state index in [1.807, 2.05) is 18.2 Å². The third kappa shape index (κ3) is 3.11. The van der Waals surface area contributed by atoms with E-state index in [0.29, 0.717) is 5.69 Å². The van der Waals surface area contributed by atoms with E-state index in [0.717, 1.165) is 35.9 Å². The average Bonchev–Trinajstić information content (AvgIpc) is 3.02. The molecule has 1 aromatic heterocycles. The van der Waals surface area contributed by atoms with E-state index in [4.69, 9.17) is 0 Å². The summed E-state index contributed by atoms with van der Waals surface area (Å²) in [4.78, 5) is 23.6. The Morgan fingerprint density at radius 3 is 2.36 bits per heavy atom. The van der Waals surface area contributed by atoms with Gasteiger partial charge in [-0.1, -0.05) is 32.0 Å². The van der Waals surface area contributed by atoms with Crippen LogP contribution in [0.1, 0.15) is 48.4 Å². The molecule has 0 aliphatic heterocycles. The fraction of sp³-hybridized carbons (Fsp3) is 0.333. The largest absolute Gasteiger partial charge is 0.333 e. The lowest BCUT2D eigenvalue weighted by atomic mass is 10.0. The van der Waals surface area contributed by atoms with E-state index in [9.17, 15) is 9.59 Å². The molecule has 0 fully saturated rings. The van der Waals surface area contributed by atoms with Crippen LogP contribution in [0, 0.1) is 0 Å². The maximum absolute atomic E-state index is 12.6. The van der Waals surface area contributed by atoms with Crippen LogP contribution in [0.4, 0.5) is 5.69 Å². The minimum atomic E-state index is -0.440. The molecule has 1 aromatic carbocycles. The highest BCUT2D eigenvalue weighted by Gasteiger charge is 2.18. The number of nitrogens with one attached hydrogen (secondary N) is 1. The van der Waals surface area contributed by atoms with Gasteiger partial charge in [-0.25, -0.2) is 0 Å². The number of aryl methyl sites for hydroxylation is 2. The summed E-state index contributed by atoms with van der Waals surface area (Å²) in [5.74, 6) is -0.116. The Morgan fingerprint density at radius 2 is 1.82 bits per heavy atom. The number of carbonyl (C=O) groups excluding carboxylic acids is 2. The second kappa shape index (κ2) is 7.07. The van der Waals surface area contributed by atoms with Crippen molar-refractivity contribution in [3.05, 3.63) is 53.3 Å². The van der Waals surface area contributed by atoms with Crippen LogP contribution in [0.15, 0.2) is 36.5 Å². The molecule has 4 nitrogen and oxygen atoms in total. The summed E-state index contributed by atoms with van der Waals surface area (Å²) in [5, 5.41) is 3.04. The summed E-state index contributed by atoms with van der Waals surface area (Å²) < 4.78 is 1.68. The van der Waals surface area contributed by atoms with E-state index in [1.54, 1.807) is 29.8 Å². The van der Waals surface area contributed by atoms with Gasteiger partial charge in [-0.05, 0) is 43.0 Å². The van der Waals surface area contributed by atoms with Crippen molar-refractivity contribution < 1.29 is 9.59 Å². The Balaban J connectivity index is 2.27. The Hall–Kier alpha value is -2.36. The molecular weight excluding hydrogens is 276 g/mol. The van der Waals surface area contributed by atoms with Gasteiger partial charge in [-0.3, -0.25) is 9.59 Å². The van der Waals surface area contributed by atoms with Gasteiger partial charge < -0.3 is 9.88 Å². The lowest BCUT2D eigenvalue weighted by molar-refractivity contribution is -0.118. The molecule has 0 aliphatic rings. The van der Waals surface area contributed by atoms with Crippen molar-refractivity contribution in [1.29, 1.82) is 0 Å². The summed E-state index contributed by atoms with van der Waals surface area (Å²) in [5.41, 5.74) is 3.66. The molecule has 4 heteroatoms. The van der Waals surface area contributed by atoms with Gasteiger partial charge in [-0.2, -0.15) is 0 Å². The Bertz CT molecular complexity index is 651. The third-order valence-electron chi connectivity index (χ3n) is 3.98. The normalized spacial score (nSPS) is 12.0. The maximum atomic E-state index is 12.6. The standard InChI is InChI=1S/C18H22N2O2/c1-4-14-8-6-9-15(5-2)17(14)19-18(22)13(3)20-11-7-10-16(20)12-21/h6-13H,4-5H2,1-3H3,(H,19,22). The van der Waals surface area contributed by atoms with Gasteiger partial charge in [-0.15, -0.1) is 0 Å².